The third kappa shape index (κ3) is 6.44. The van der Waals surface area contributed by atoms with Gasteiger partial charge < -0.3 is 10.1 Å². The molecule has 0 aromatic heterocycles. The molecule has 1 aliphatic carbocycles. The topological polar surface area (TPSA) is 72.5 Å². The Kier molecular flexibility index (Phi) is 4.89. The van der Waals surface area contributed by atoms with Gasteiger partial charge in [0.05, 0.1) is 5.75 Å². The van der Waals surface area contributed by atoms with Crippen LogP contribution in [0.15, 0.2) is 0 Å². The molecular formula is C11H20ClNO4S. The van der Waals surface area contributed by atoms with Crippen LogP contribution in [0.1, 0.15) is 40.0 Å². The van der Waals surface area contributed by atoms with E-state index >= 15 is 0 Å². The minimum atomic E-state index is -3.46. The van der Waals surface area contributed by atoms with Gasteiger partial charge in [-0.15, -0.1) is 0 Å². The van der Waals surface area contributed by atoms with E-state index in [1.165, 1.54) is 0 Å². The molecule has 0 saturated heterocycles. The number of nitrogens with one attached hydrogen (secondary N) is 1. The average molecular weight is 298 g/mol. The molecule has 0 radical (unpaired) electrons. The number of halogens is 1. The lowest BCUT2D eigenvalue weighted by atomic mass is 10.1. The van der Waals surface area contributed by atoms with Crippen LogP contribution in [0.3, 0.4) is 0 Å². The SMILES string of the molecule is CC(C)(C)OC(=O)NC1CCC(CS(=O)(=O)Cl)C1. The normalized spacial score (nSPS) is 24.9. The minimum Gasteiger partial charge on any atom is -0.444 e. The lowest BCUT2D eigenvalue weighted by molar-refractivity contribution is 0.0505. The highest BCUT2D eigenvalue weighted by atomic mass is 35.7. The van der Waals surface area contributed by atoms with Crippen LogP contribution in [0.2, 0.25) is 0 Å². The van der Waals surface area contributed by atoms with Gasteiger partial charge in [-0.05, 0) is 46.0 Å². The summed E-state index contributed by atoms with van der Waals surface area (Å²) < 4.78 is 27.1. The maximum Gasteiger partial charge on any atom is 0.407 e. The van der Waals surface area contributed by atoms with E-state index in [9.17, 15) is 13.2 Å². The standard InChI is InChI=1S/C11H20ClNO4S/c1-11(2,3)17-10(14)13-9-5-4-8(6-9)7-18(12,15)16/h8-9H,4-7H2,1-3H3,(H,13,14). The molecule has 0 spiro atoms. The maximum absolute atomic E-state index is 11.5. The van der Waals surface area contributed by atoms with Gasteiger partial charge in [-0.1, -0.05) is 0 Å². The monoisotopic (exact) mass is 297 g/mol. The van der Waals surface area contributed by atoms with Crippen molar-refractivity contribution in [2.75, 3.05) is 5.75 Å². The largest absolute Gasteiger partial charge is 0.444 e. The second-order valence-corrected chi connectivity index (χ2v) is 8.55. The Morgan fingerprint density at radius 1 is 1.39 bits per heavy atom. The fourth-order valence-electron chi connectivity index (χ4n) is 2.11. The molecule has 5 nitrogen and oxygen atoms in total. The first-order valence-corrected chi connectivity index (χ1v) is 8.45. The highest BCUT2D eigenvalue weighted by molar-refractivity contribution is 8.13. The second kappa shape index (κ2) is 5.65. The van der Waals surface area contributed by atoms with Crippen molar-refractivity contribution >= 4 is 25.8 Å². The van der Waals surface area contributed by atoms with Crippen molar-refractivity contribution in [1.29, 1.82) is 0 Å². The van der Waals surface area contributed by atoms with E-state index in [1.54, 1.807) is 20.8 Å². The Morgan fingerprint density at radius 2 is 2.00 bits per heavy atom. The second-order valence-electron chi connectivity index (χ2n) is 5.73. The fraction of sp³-hybridized carbons (Fsp3) is 0.909. The van der Waals surface area contributed by atoms with Crippen LogP contribution in [0.25, 0.3) is 0 Å². The van der Waals surface area contributed by atoms with Gasteiger partial charge >= 0.3 is 6.09 Å². The summed E-state index contributed by atoms with van der Waals surface area (Å²) in [5.74, 6) is -0.00596. The van der Waals surface area contributed by atoms with Gasteiger partial charge in [0.1, 0.15) is 5.60 Å². The van der Waals surface area contributed by atoms with Crippen molar-refractivity contribution in [2.24, 2.45) is 5.92 Å². The van der Waals surface area contributed by atoms with Crippen LogP contribution in [0.5, 0.6) is 0 Å². The Balaban J connectivity index is 2.37. The molecule has 1 fully saturated rings. The van der Waals surface area contributed by atoms with E-state index in [2.05, 4.69) is 5.32 Å². The lowest BCUT2D eigenvalue weighted by Gasteiger charge is -2.21. The molecule has 1 N–H and O–H groups in total. The van der Waals surface area contributed by atoms with E-state index in [0.717, 1.165) is 12.8 Å². The first-order valence-electron chi connectivity index (χ1n) is 5.97. The van der Waals surface area contributed by atoms with Crippen molar-refractivity contribution in [2.45, 2.75) is 51.7 Å². The van der Waals surface area contributed by atoms with Crippen LogP contribution in [0, 0.1) is 5.92 Å². The molecular weight excluding hydrogens is 278 g/mol. The zero-order valence-corrected chi connectivity index (χ0v) is 12.5. The molecule has 7 heteroatoms. The van der Waals surface area contributed by atoms with Crippen molar-refractivity contribution in [3.05, 3.63) is 0 Å². The smallest absolute Gasteiger partial charge is 0.407 e. The highest BCUT2D eigenvalue weighted by Crippen LogP contribution is 2.27. The third-order valence-electron chi connectivity index (χ3n) is 2.70. The van der Waals surface area contributed by atoms with E-state index in [-0.39, 0.29) is 17.7 Å². The summed E-state index contributed by atoms with van der Waals surface area (Å²) in [5, 5.41) is 2.75. The molecule has 2 unspecified atom stereocenters. The zero-order chi connectivity index (χ0) is 14.0. The molecule has 1 rings (SSSR count). The lowest BCUT2D eigenvalue weighted by Crippen LogP contribution is -2.38. The first kappa shape index (κ1) is 15.6. The number of hydrogen-bond donors (Lipinski definition) is 1. The molecule has 2 atom stereocenters. The molecule has 0 bridgehead atoms. The Labute approximate surface area is 113 Å². The van der Waals surface area contributed by atoms with Crippen molar-refractivity contribution < 1.29 is 17.9 Å². The number of carbonyl (C=O) groups excluding carboxylic acids is 1. The molecule has 1 aliphatic rings. The highest BCUT2D eigenvalue weighted by Gasteiger charge is 2.30. The quantitative estimate of drug-likeness (QED) is 0.811. The van der Waals surface area contributed by atoms with E-state index < -0.39 is 20.7 Å². The van der Waals surface area contributed by atoms with Gasteiger partial charge in [0, 0.05) is 16.7 Å². The Morgan fingerprint density at radius 3 is 2.50 bits per heavy atom. The Bertz CT molecular complexity index is 402. The first-order chi connectivity index (χ1) is 8.05. The van der Waals surface area contributed by atoms with E-state index in [1.807, 2.05) is 0 Å². The summed E-state index contributed by atoms with van der Waals surface area (Å²) in [6.07, 6.45) is 1.69. The molecule has 1 saturated carbocycles. The van der Waals surface area contributed by atoms with Gasteiger partial charge in [-0.2, -0.15) is 0 Å². The predicted molar refractivity (Wildman–Crippen MR) is 70.1 cm³/mol. The number of hydrogen-bond acceptors (Lipinski definition) is 4. The van der Waals surface area contributed by atoms with Gasteiger partial charge in [-0.3, -0.25) is 0 Å². The molecule has 0 aromatic carbocycles. The molecule has 0 heterocycles. The Hall–Kier alpha value is -0.490. The molecule has 0 aromatic rings. The van der Waals surface area contributed by atoms with E-state index in [4.69, 9.17) is 15.4 Å². The van der Waals surface area contributed by atoms with Gasteiger partial charge in [0.25, 0.3) is 0 Å². The van der Waals surface area contributed by atoms with Crippen molar-refractivity contribution in [1.82, 2.24) is 5.32 Å². The molecule has 1 amide bonds. The summed E-state index contributed by atoms with van der Waals surface area (Å²) in [6.45, 7) is 5.39. The van der Waals surface area contributed by atoms with Crippen LogP contribution >= 0.6 is 10.7 Å². The van der Waals surface area contributed by atoms with Crippen molar-refractivity contribution in [3.63, 3.8) is 0 Å². The fourth-order valence-corrected chi connectivity index (χ4v) is 3.51. The number of amides is 1. The number of carbonyl (C=O) groups is 1. The summed E-state index contributed by atoms with van der Waals surface area (Å²) >= 11 is 0. The summed E-state index contributed by atoms with van der Waals surface area (Å²) in [5.41, 5.74) is -0.526. The summed E-state index contributed by atoms with van der Waals surface area (Å²) in [4.78, 5) is 11.5. The van der Waals surface area contributed by atoms with Gasteiger partial charge in [0.15, 0.2) is 0 Å². The maximum atomic E-state index is 11.5. The number of ether oxygens (including phenoxy) is 1. The van der Waals surface area contributed by atoms with Crippen LogP contribution in [-0.4, -0.2) is 31.9 Å². The van der Waals surface area contributed by atoms with Crippen molar-refractivity contribution in [3.8, 4) is 0 Å². The van der Waals surface area contributed by atoms with Crippen LogP contribution in [0.4, 0.5) is 4.79 Å². The molecule has 18 heavy (non-hydrogen) atoms. The average Bonchev–Trinajstić information content (AvgIpc) is 2.44. The number of alkyl carbamates (subject to hydrolysis) is 1. The summed E-state index contributed by atoms with van der Waals surface area (Å²) in [6, 6.07) is -0.0248. The third-order valence-corrected chi connectivity index (χ3v) is 3.94. The predicted octanol–water partition coefficient (Wildman–Crippen LogP) is 2.25. The zero-order valence-electron chi connectivity index (χ0n) is 10.9. The van der Waals surface area contributed by atoms with Crippen LogP contribution in [-0.2, 0) is 13.8 Å². The molecule has 0 aliphatic heterocycles. The van der Waals surface area contributed by atoms with Gasteiger partial charge in [0.2, 0.25) is 9.05 Å². The number of rotatable bonds is 3. The summed E-state index contributed by atoms with van der Waals surface area (Å²) in [7, 11) is 1.75. The molecule has 106 valence electrons. The van der Waals surface area contributed by atoms with Crippen LogP contribution < -0.4 is 5.32 Å². The van der Waals surface area contributed by atoms with Gasteiger partial charge in [-0.25, -0.2) is 13.2 Å². The minimum absolute atomic E-state index is 0.0208. The van der Waals surface area contributed by atoms with E-state index in [0.29, 0.717) is 6.42 Å².